The molecular weight excluding hydrogens is 374 g/mol. The van der Waals surface area contributed by atoms with E-state index < -0.39 is 0 Å². The Morgan fingerprint density at radius 3 is 2.20 bits per heavy atom. The number of carbonyl (C=O) groups excluding carboxylic acids is 1. The molecule has 6 rings (SSSR count). The molecule has 1 aliphatic heterocycles. The predicted octanol–water partition coefficient (Wildman–Crippen LogP) is 2.12. The summed E-state index contributed by atoms with van der Waals surface area (Å²) in [4.78, 5) is 16.7. The van der Waals surface area contributed by atoms with E-state index in [0.29, 0.717) is 18.0 Å². The lowest BCUT2D eigenvalue weighted by atomic mass is 9.48. The zero-order valence-corrected chi connectivity index (χ0v) is 18.7. The SMILES string of the molecule is COc1ccc(N2CC[NH+](CC(=O)N[C@H](C)C34CC5CC(CC(C5)C3)C4)CC2)cc1. The van der Waals surface area contributed by atoms with Gasteiger partial charge in [-0.1, -0.05) is 0 Å². The molecule has 1 amide bonds. The van der Waals surface area contributed by atoms with Crippen molar-refractivity contribution in [2.24, 2.45) is 23.2 Å². The Morgan fingerprint density at radius 1 is 1.10 bits per heavy atom. The molecule has 1 atom stereocenters. The summed E-state index contributed by atoms with van der Waals surface area (Å²) < 4.78 is 5.26. The standard InChI is InChI=1S/C25H37N3O2/c1-18(25-14-19-11-20(15-25)13-21(12-19)16-25)26-24(29)17-27-7-9-28(10-8-27)22-3-5-23(30-2)6-4-22/h3-6,18-21H,7-17H2,1-2H3,(H,26,29)/p+1/t18-,19?,20?,21?,25?/m1/s1. The van der Waals surface area contributed by atoms with E-state index in [1.54, 1.807) is 7.11 Å². The van der Waals surface area contributed by atoms with E-state index in [1.165, 1.54) is 49.1 Å². The van der Waals surface area contributed by atoms with Crippen LogP contribution in [0.3, 0.4) is 0 Å². The first-order chi connectivity index (χ1) is 14.5. The van der Waals surface area contributed by atoms with Crippen LogP contribution in [0.4, 0.5) is 5.69 Å². The Bertz CT molecular complexity index is 719. The van der Waals surface area contributed by atoms with E-state index in [9.17, 15) is 4.79 Å². The summed E-state index contributed by atoms with van der Waals surface area (Å²) in [5.74, 6) is 3.96. The summed E-state index contributed by atoms with van der Waals surface area (Å²) in [5, 5.41) is 3.45. The van der Waals surface area contributed by atoms with E-state index in [2.05, 4.69) is 29.3 Å². The van der Waals surface area contributed by atoms with Crippen LogP contribution in [0.5, 0.6) is 5.75 Å². The van der Waals surface area contributed by atoms with Gasteiger partial charge in [0.2, 0.25) is 0 Å². The monoisotopic (exact) mass is 412 g/mol. The molecule has 0 radical (unpaired) electrons. The van der Waals surface area contributed by atoms with Crippen molar-refractivity contribution in [3.63, 3.8) is 0 Å². The smallest absolute Gasteiger partial charge is 0.275 e. The quantitative estimate of drug-likeness (QED) is 0.752. The molecular formula is C25H38N3O2+. The highest BCUT2D eigenvalue weighted by molar-refractivity contribution is 5.77. The van der Waals surface area contributed by atoms with Gasteiger partial charge in [0.25, 0.3) is 5.91 Å². The molecule has 4 saturated carbocycles. The summed E-state index contributed by atoms with van der Waals surface area (Å²) >= 11 is 0. The zero-order valence-electron chi connectivity index (χ0n) is 18.7. The third kappa shape index (κ3) is 3.93. The van der Waals surface area contributed by atoms with Gasteiger partial charge in [-0.15, -0.1) is 0 Å². The topological polar surface area (TPSA) is 46.0 Å². The van der Waals surface area contributed by atoms with Crippen LogP contribution in [0.2, 0.25) is 0 Å². The van der Waals surface area contributed by atoms with Crippen LogP contribution >= 0.6 is 0 Å². The van der Waals surface area contributed by atoms with Crippen molar-refractivity contribution in [3.8, 4) is 5.75 Å². The summed E-state index contributed by atoms with van der Waals surface area (Å²) in [6.45, 7) is 6.95. The summed E-state index contributed by atoms with van der Waals surface area (Å²) in [7, 11) is 1.70. The van der Waals surface area contributed by atoms with Crippen molar-refractivity contribution in [2.45, 2.75) is 51.5 Å². The van der Waals surface area contributed by atoms with Gasteiger partial charge in [-0.05, 0) is 92.9 Å². The molecule has 0 spiro atoms. The number of amides is 1. The number of benzene rings is 1. The zero-order chi connectivity index (χ0) is 20.7. The number of nitrogens with zero attached hydrogens (tertiary/aromatic N) is 1. The van der Waals surface area contributed by atoms with Crippen LogP contribution in [0.1, 0.15) is 45.4 Å². The van der Waals surface area contributed by atoms with Gasteiger partial charge in [-0.25, -0.2) is 0 Å². The number of nitrogens with one attached hydrogen (secondary N) is 2. The molecule has 5 fully saturated rings. The number of methoxy groups -OCH3 is 1. The fourth-order valence-electron chi connectivity index (χ4n) is 7.43. The lowest BCUT2D eigenvalue weighted by Gasteiger charge is -2.59. The van der Waals surface area contributed by atoms with Crippen LogP contribution in [0.15, 0.2) is 24.3 Å². The van der Waals surface area contributed by atoms with Gasteiger partial charge in [0, 0.05) is 11.7 Å². The van der Waals surface area contributed by atoms with Gasteiger partial charge < -0.3 is 19.9 Å². The molecule has 0 unspecified atom stereocenters. The van der Waals surface area contributed by atoms with Crippen LogP contribution in [0.25, 0.3) is 0 Å². The average molecular weight is 413 g/mol. The molecule has 30 heavy (non-hydrogen) atoms. The van der Waals surface area contributed by atoms with Crippen LogP contribution < -0.4 is 19.9 Å². The number of hydrogen-bond donors (Lipinski definition) is 2. The third-order valence-corrected chi connectivity index (χ3v) is 8.70. The fraction of sp³-hybridized carbons (Fsp3) is 0.720. The first-order valence-corrected chi connectivity index (χ1v) is 12.0. The van der Waals surface area contributed by atoms with Crippen molar-refractivity contribution >= 4 is 11.6 Å². The number of rotatable bonds is 6. The Kier molecular flexibility index (Phi) is 5.42. The van der Waals surface area contributed by atoms with Crippen molar-refractivity contribution in [3.05, 3.63) is 24.3 Å². The third-order valence-electron chi connectivity index (χ3n) is 8.70. The van der Waals surface area contributed by atoms with E-state index in [-0.39, 0.29) is 5.91 Å². The van der Waals surface area contributed by atoms with Crippen LogP contribution in [0, 0.1) is 23.2 Å². The summed E-state index contributed by atoms with van der Waals surface area (Å²) in [6.07, 6.45) is 8.45. The number of ether oxygens (including phenoxy) is 1. The molecule has 4 bridgehead atoms. The molecule has 1 aromatic carbocycles. The largest absolute Gasteiger partial charge is 0.497 e. The Hall–Kier alpha value is -1.75. The first kappa shape index (κ1) is 20.2. The van der Waals surface area contributed by atoms with Crippen LogP contribution in [-0.2, 0) is 4.79 Å². The maximum Gasteiger partial charge on any atom is 0.275 e. The van der Waals surface area contributed by atoms with Crippen molar-refractivity contribution in [1.82, 2.24) is 5.32 Å². The molecule has 1 aromatic rings. The summed E-state index contributed by atoms with van der Waals surface area (Å²) in [5.41, 5.74) is 1.64. The summed E-state index contributed by atoms with van der Waals surface area (Å²) in [6, 6.07) is 8.63. The van der Waals surface area contributed by atoms with Gasteiger partial charge in [0.05, 0.1) is 33.3 Å². The highest BCUT2D eigenvalue weighted by atomic mass is 16.5. The molecule has 1 saturated heterocycles. The molecule has 5 nitrogen and oxygen atoms in total. The Balaban J connectivity index is 1.11. The lowest BCUT2D eigenvalue weighted by Crippen LogP contribution is -3.16. The highest BCUT2D eigenvalue weighted by Gasteiger charge is 2.53. The minimum absolute atomic E-state index is 0.256. The fourth-order valence-corrected chi connectivity index (χ4v) is 7.43. The molecule has 5 aliphatic rings. The van der Waals surface area contributed by atoms with Gasteiger partial charge in [0.15, 0.2) is 6.54 Å². The second kappa shape index (κ2) is 8.07. The van der Waals surface area contributed by atoms with Crippen LogP contribution in [-0.4, -0.2) is 51.8 Å². The Labute approximate surface area is 181 Å². The normalized spacial score (nSPS) is 34.1. The van der Waals surface area contributed by atoms with Gasteiger partial charge in [0.1, 0.15) is 5.75 Å². The number of anilines is 1. The minimum Gasteiger partial charge on any atom is -0.497 e. The van der Waals surface area contributed by atoms with E-state index in [4.69, 9.17) is 4.74 Å². The first-order valence-electron chi connectivity index (χ1n) is 12.0. The van der Waals surface area contributed by atoms with Gasteiger partial charge >= 0.3 is 0 Å². The number of quaternary nitrogens is 1. The molecule has 2 N–H and O–H groups in total. The molecule has 4 aliphatic carbocycles. The lowest BCUT2D eigenvalue weighted by molar-refractivity contribution is -0.892. The Morgan fingerprint density at radius 2 is 1.67 bits per heavy atom. The number of hydrogen-bond acceptors (Lipinski definition) is 3. The predicted molar refractivity (Wildman–Crippen MR) is 119 cm³/mol. The van der Waals surface area contributed by atoms with Gasteiger partial charge in [-0.2, -0.15) is 0 Å². The van der Waals surface area contributed by atoms with Gasteiger partial charge in [-0.3, -0.25) is 4.79 Å². The second-order valence-electron chi connectivity index (χ2n) is 10.7. The van der Waals surface area contributed by atoms with Crippen molar-refractivity contribution < 1.29 is 14.4 Å². The minimum atomic E-state index is 0.256. The molecule has 1 heterocycles. The molecule has 164 valence electrons. The average Bonchev–Trinajstić information content (AvgIpc) is 2.73. The molecule has 0 aromatic heterocycles. The van der Waals surface area contributed by atoms with Crippen molar-refractivity contribution in [2.75, 3.05) is 44.7 Å². The molecule has 5 heteroatoms. The van der Waals surface area contributed by atoms with E-state index in [0.717, 1.165) is 49.7 Å². The van der Waals surface area contributed by atoms with E-state index >= 15 is 0 Å². The second-order valence-corrected chi connectivity index (χ2v) is 10.7. The maximum atomic E-state index is 12.9. The maximum absolute atomic E-state index is 12.9. The number of piperazine rings is 1. The highest BCUT2D eigenvalue weighted by Crippen LogP contribution is 2.61. The van der Waals surface area contributed by atoms with E-state index in [1.807, 2.05) is 12.1 Å². The van der Waals surface area contributed by atoms with Crippen molar-refractivity contribution in [1.29, 1.82) is 0 Å². The number of carbonyl (C=O) groups is 1.